The first-order valence-corrected chi connectivity index (χ1v) is 7.72. The lowest BCUT2D eigenvalue weighted by molar-refractivity contribution is -0.117. The Hall–Kier alpha value is -1.87. The molecule has 0 unspecified atom stereocenters. The van der Waals surface area contributed by atoms with E-state index in [1.54, 1.807) is 18.3 Å². The van der Waals surface area contributed by atoms with Gasteiger partial charge in [0.1, 0.15) is 0 Å². The molecule has 0 fully saturated rings. The lowest BCUT2D eigenvalue weighted by atomic mass is 10.4. The van der Waals surface area contributed by atoms with Crippen LogP contribution in [0.25, 0.3) is 10.7 Å². The van der Waals surface area contributed by atoms with Gasteiger partial charge in [-0.1, -0.05) is 17.8 Å². The largest absolute Gasteiger partial charge is 0.338 e. The molecule has 3 N–H and O–H groups in total. The van der Waals surface area contributed by atoms with Crippen LogP contribution < -0.4 is 10.6 Å². The monoisotopic (exact) mass is 311 g/mol. The molecule has 0 bridgehead atoms. The normalized spacial score (nSPS) is 10.2. The maximum Gasteiger partial charge on any atom is 0.321 e. The minimum absolute atomic E-state index is 0.0822. The van der Waals surface area contributed by atoms with Crippen molar-refractivity contribution in [1.82, 2.24) is 25.8 Å². The van der Waals surface area contributed by atoms with E-state index in [2.05, 4.69) is 25.8 Å². The zero-order valence-electron chi connectivity index (χ0n) is 10.7. The van der Waals surface area contributed by atoms with Gasteiger partial charge < -0.3 is 5.32 Å². The average Bonchev–Trinajstić information content (AvgIpc) is 3.07. The Morgan fingerprint density at radius 2 is 2.35 bits per heavy atom. The molecule has 0 saturated heterocycles. The number of aromatic amines is 1. The molecule has 0 saturated carbocycles. The van der Waals surface area contributed by atoms with Crippen molar-refractivity contribution in [1.29, 1.82) is 0 Å². The summed E-state index contributed by atoms with van der Waals surface area (Å²) in [6, 6.07) is 3.36. The Bertz CT molecular complexity index is 581. The maximum absolute atomic E-state index is 11.5. The molecule has 0 atom stereocenters. The van der Waals surface area contributed by atoms with E-state index in [1.165, 1.54) is 11.8 Å². The summed E-state index contributed by atoms with van der Waals surface area (Å²) in [4.78, 5) is 27.9. The van der Waals surface area contributed by atoms with E-state index < -0.39 is 6.03 Å². The molecule has 2 aromatic rings. The van der Waals surface area contributed by atoms with E-state index in [1.807, 2.05) is 17.5 Å². The molecule has 2 rings (SSSR count). The van der Waals surface area contributed by atoms with Gasteiger partial charge in [-0.2, -0.15) is 0 Å². The molecule has 9 heteroatoms. The molecule has 106 valence electrons. The summed E-state index contributed by atoms with van der Waals surface area (Å²) in [5, 5.41) is 13.9. The molecular weight excluding hydrogens is 298 g/mol. The first-order valence-electron chi connectivity index (χ1n) is 5.85. The number of thiophene rings is 1. The van der Waals surface area contributed by atoms with Gasteiger partial charge in [-0.25, -0.2) is 9.78 Å². The van der Waals surface area contributed by atoms with Crippen LogP contribution >= 0.6 is 23.1 Å². The molecule has 0 aliphatic heterocycles. The standard InChI is InChI=1S/C11H13N5O2S2/c1-2-12-10(18)13-8(17)6-20-11-14-9(15-16-11)7-4-3-5-19-7/h3-5H,2,6H2,1H3,(H,14,15,16)(H2,12,13,17,18). The number of aromatic nitrogens is 3. The van der Waals surface area contributed by atoms with E-state index in [0.29, 0.717) is 17.5 Å². The van der Waals surface area contributed by atoms with Crippen molar-refractivity contribution < 1.29 is 9.59 Å². The molecule has 0 aliphatic rings. The van der Waals surface area contributed by atoms with Crippen LogP contribution in [0.3, 0.4) is 0 Å². The summed E-state index contributed by atoms with van der Waals surface area (Å²) in [7, 11) is 0. The Morgan fingerprint density at radius 1 is 1.50 bits per heavy atom. The molecule has 0 radical (unpaired) electrons. The molecular formula is C11H13N5O2S2. The predicted octanol–water partition coefficient (Wildman–Crippen LogP) is 1.47. The zero-order chi connectivity index (χ0) is 14.4. The van der Waals surface area contributed by atoms with E-state index in [0.717, 1.165) is 4.88 Å². The Balaban J connectivity index is 1.82. The third-order valence-electron chi connectivity index (χ3n) is 2.14. The Kier molecular flexibility index (Phi) is 5.13. The van der Waals surface area contributed by atoms with Crippen LogP contribution in [-0.2, 0) is 4.79 Å². The highest BCUT2D eigenvalue weighted by molar-refractivity contribution is 7.99. The highest BCUT2D eigenvalue weighted by atomic mass is 32.2. The summed E-state index contributed by atoms with van der Waals surface area (Å²) < 4.78 is 0. The van der Waals surface area contributed by atoms with Gasteiger partial charge in [0.15, 0.2) is 5.82 Å². The predicted molar refractivity (Wildman–Crippen MR) is 77.6 cm³/mol. The third-order valence-corrected chi connectivity index (χ3v) is 3.87. The number of hydrogen-bond donors (Lipinski definition) is 3. The number of H-pyrrole nitrogens is 1. The number of carbonyl (C=O) groups excluding carboxylic acids is 2. The second-order valence-corrected chi connectivity index (χ2v) is 5.53. The number of thioether (sulfide) groups is 1. The fourth-order valence-electron chi connectivity index (χ4n) is 1.33. The minimum Gasteiger partial charge on any atom is -0.338 e. The first-order chi connectivity index (χ1) is 9.69. The molecule has 2 aromatic heterocycles. The maximum atomic E-state index is 11.5. The van der Waals surface area contributed by atoms with Gasteiger partial charge in [0.2, 0.25) is 11.1 Å². The van der Waals surface area contributed by atoms with Crippen LogP contribution in [0.4, 0.5) is 4.79 Å². The van der Waals surface area contributed by atoms with Gasteiger partial charge in [0, 0.05) is 6.54 Å². The average molecular weight is 311 g/mol. The summed E-state index contributed by atoms with van der Waals surface area (Å²) in [6.45, 7) is 2.25. The lowest BCUT2D eigenvalue weighted by Crippen LogP contribution is -2.40. The minimum atomic E-state index is -0.493. The van der Waals surface area contributed by atoms with Crippen LogP contribution in [-0.4, -0.2) is 39.4 Å². The van der Waals surface area contributed by atoms with Crippen molar-refractivity contribution in [2.45, 2.75) is 12.1 Å². The van der Waals surface area contributed by atoms with Crippen molar-refractivity contribution in [2.75, 3.05) is 12.3 Å². The first kappa shape index (κ1) is 14.5. The Morgan fingerprint density at radius 3 is 3.05 bits per heavy atom. The molecule has 20 heavy (non-hydrogen) atoms. The highest BCUT2D eigenvalue weighted by Gasteiger charge is 2.11. The van der Waals surface area contributed by atoms with Gasteiger partial charge in [-0.15, -0.1) is 16.4 Å². The van der Waals surface area contributed by atoms with Crippen LogP contribution in [0.1, 0.15) is 6.92 Å². The van der Waals surface area contributed by atoms with Gasteiger partial charge in [0.05, 0.1) is 10.6 Å². The van der Waals surface area contributed by atoms with E-state index in [-0.39, 0.29) is 11.7 Å². The molecule has 2 heterocycles. The Labute approximate surface area is 123 Å². The van der Waals surface area contributed by atoms with Crippen LogP contribution in [0, 0.1) is 0 Å². The topological polar surface area (TPSA) is 99.8 Å². The summed E-state index contributed by atoms with van der Waals surface area (Å²) in [6.07, 6.45) is 0. The van der Waals surface area contributed by atoms with Crippen LogP contribution in [0.5, 0.6) is 0 Å². The fraction of sp³-hybridized carbons (Fsp3) is 0.273. The number of urea groups is 1. The molecule has 0 aromatic carbocycles. The smallest absolute Gasteiger partial charge is 0.321 e. The molecule has 0 aliphatic carbocycles. The highest BCUT2D eigenvalue weighted by Crippen LogP contribution is 2.22. The van der Waals surface area contributed by atoms with Crippen LogP contribution in [0.2, 0.25) is 0 Å². The number of amides is 3. The van der Waals surface area contributed by atoms with E-state index in [4.69, 9.17) is 0 Å². The second-order valence-electron chi connectivity index (χ2n) is 3.64. The molecule has 7 nitrogen and oxygen atoms in total. The quantitative estimate of drug-likeness (QED) is 0.726. The summed E-state index contributed by atoms with van der Waals surface area (Å²) in [5.74, 6) is 0.369. The SMILES string of the molecule is CCNC(=O)NC(=O)CSc1n[nH]c(-c2cccs2)n1. The van der Waals surface area contributed by atoms with Gasteiger partial charge >= 0.3 is 6.03 Å². The molecule has 0 spiro atoms. The second kappa shape index (κ2) is 7.06. The summed E-state index contributed by atoms with van der Waals surface area (Å²) >= 11 is 2.72. The molecule has 3 amide bonds. The van der Waals surface area contributed by atoms with Crippen molar-refractivity contribution in [3.8, 4) is 10.7 Å². The van der Waals surface area contributed by atoms with Gasteiger partial charge in [-0.3, -0.25) is 15.2 Å². The van der Waals surface area contributed by atoms with Crippen molar-refractivity contribution >= 4 is 35.0 Å². The number of carbonyl (C=O) groups is 2. The number of imide groups is 1. The summed E-state index contributed by atoms with van der Waals surface area (Å²) in [5.41, 5.74) is 0. The van der Waals surface area contributed by atoms with E-state index in [9.17, 15) is 9.59 Å². The van der Waals surface area contributed by atoms with Gasteiger partial charge in [0.25, 0.3) is 0 Å². The van der Waals surface area contributed by atoms with Crippen molar-refractivity contribution in [3.63, 3.8) is 0 Å². The van der Waals surface area contributed by atoms with E-state index >= 15 is 0 Å². The fourth-order valence-corrected chi connectivity index (χ4v) is 2.59. The number of nitrogens with one attached hydrogen (secondary N) is 3. The third kappa shape index (κ3) is 4.07. The zero-order valence-corrected chi connectivity index (χ0v) is 12.3. The van der Waals surface area contributed by atoms with Crippen molar-refractivity contribution in [3.05, 3.63) is 17.5 Å². The van der Waals surface area contributed by atoms with Crippen molar-refractivity contribution in [2.24, 2.45) is 0 Å². The van der Waals surface area contributed by atoms with Gasteiger partial charge in [-0.05, 0) is 18.4 Å². The van der Waals surface area contributed by atoms with Crippen LogP contribution in [0.15, 0.2) is 22.7 Å². The number of hydrogen-bond acceptors (Lipinski definition) is 6. The number of rotatable bonds is 5. The number of nitrogens with zero attached hydrogens (tertiary/aromatic N) is 2. The lowest BCUT2D eigenvalue weighted by Gasteiger charge is -2.02.